The first-order valence-electron chi connectivity index (χ1n) is 10.4. The van der Waals surface area contributed by atoms with E-state index in [1.807, 2.05) is 24.3 Å². The Labute approximate surface area is 194 Å². The van der Waals surface area contributed by atoms with Crippen LogP contribution in [0, 0.1) is 0 Å². The Bertz CT molecular complexity index is 1070. The van der Waals surface area contributed by atoms with Crippen LogP contribution in [-0.2, 0) is 30.4 Å². The maximum atomic E-state index is 12.4. The van der Waals surface area contributed by atoms with Gasteiger partial charge in [0.1, 0.15) is 12.1 Å². The molecule has 0 radical (unpaired) electrons. The van der Waals surface area contributed by atoms with Gasteiger partial charge in [-0.05, 0) is 18.6 Å². The van der Waals surface area contributed by atoms with Crippen LogP contribution in [0.5, 0.6) is 0 Å². The van der Waals surface area contributed by atoms with Gasteiger partial charge in [-0.1, -0.05) is 18.2 Å². The molecule has 13 heteroatoms. The smallest absolute Gasteiger partial charge is 0.326 e. The molecule has 0 saturated heterocycles. The van der Waals surface area contributed by atoms with Gasteiger partial charge in [-0.2, -0.15) is 0 Å². The van der Waals surface area contributed by atoms with Crippen LogP contribution in [0.15, 0.2) is 30.5 Å². The topological polar surface area (TPSA) is 230 Å². The number of aliphatic hydroxyl groups excluding tert-OH is 1. The predicted octanol–water partition coefficient (Wildman–Crippen LogP) is -2.54. The van der Waals surface area contributed by atoms with E-state index in [0.29, 0.717) is 5.56 Å². The molecule has 0 aliphatic heterocycles. The highest BCUT2D eigenvalue weighted by Gasteiger charge is 2.29. The number of aliphatic carboxylic acids is 1. The van der Waals surface area contributed by atoms with Gasteiger partial charge < -0.3 is 42.6 Å². The monoisotopic (exact) mass is 476 g/mol. The molecule has 0 bridgehead atoms. The van der Waals surface area contributed by atoms with Gasteiger partial charge in [0.2, 0.25) is 23.6 Å². The van der Waals surface area contributed by atoms with Gasteiger partial charge in [0.05, 0.1) is 25.1 Å². The molecule has 0 aliphatic rings. The van der Waals surface area contributed by atoms with Crippen molar-refractivity contribution in [2.45, 2.75) is 44.0 Å². The summed E-state index contributed by atoms with van der Waals surface area (Å²) in [4.78, 5) is 62.2. The van der Waals surface area contributed by atoms with Crippen molar-refractivity contribution in [3.05, 3.63) is 36.0 Å². The number of amides is 4. The zero-order valence-corrected chi connectivity index (χ0v) is 18.4. The quantitative estimate of drug-likeness (QED) is 0.162. The summed E-state index contributed by atoms with van der Waals surface area (Å²) in [6, 6.07) is 3.24. The van der Waals surface area contributed by atoms with E-state index in [9.17, 15) is 34.2 Å². The van der Waals surface area contributed by atoms with E-state index in [1.165, 1.54) is 6.92 Å². The molecule has 2 aromatic rings. The van der Waals surface area contributed by atoms with E-state index < -0.39 is 66.8 Å². The van der Waals surface area contributed by atoms with Crippen molar-refractivity contribution in [1.82, 2.24) is 20.9 Å². The van der Waals surface area contributed by atoms with E-state index >= 15 is 0 Å². The molecule has 1 aromatic carbocycles. The number of carboxylic acid groups (broad SMARTS) is 1. The zero-order valence-electron chi connectivity index (χ0n) is 18.4. The van der Waals surface area contributed by atoms with Crippen molar-refractivity contribution in [3.8, 4) is 0 Å². The van der Waals surface area contributed by atoms with E-state index in [0.717, 1.165) is 10.9 Å². The average molecular weight is 476 g/mol. The van der Waals surface area contributed by atoms with Crippen LogP contribution in [-0.4, -0.2) is 75.6 Å². The van der Waals surface area contributed by atoms with Crippen molar-refractivity contribution < 1.29 is 34.2 Å². The van der Waals surface area contributed by atoms with E-state index in [1.54, 1.807) is 6.20 Å². The second kappa shape index (κ2) is 11.8. The third-order valence-electron chi connectivity index (χ3n) is 4.98. The average Bonchev–Trinajstić information content (AvgIpc) is 3.17. The van der Waals surface area contributed by atoms with Crippen molar-refractivity contribution in [2.75, 3.05) is 6.54 Å². The number of carboxylic acids is 1. The normalized spacial score (nSPS) is 14.4. The molecule has 0 saturated carbocycles. The molecule has 1 aromatic heterocycles. The Morgan fingerprint density at radius 3 is 2.38 bits per heavy atom. The van der Waals surface area contributed by atoms with E-state index in [4.69, 9.17) is 11.5 Å². The minimum Gasteiger partial charge on any atom is -0.480 e. The van der Waals surface area contributed by atoms with E-state index in [2.05, 4.69) is 20.9 Å². The summed E-state index contributed by atoms with van der Waals surface area (Å²) in [6.45, 7) is 0.620. The van der Waals surface area contributed by atoms with Crippen LogP contribution in [0.2, 0.25) is 0 Å². The summed E-state index contributed by atoms with van der Waals surface area (Å²) in [6.07, 6.45) is -0.159. The Kier molecular flexibility index (Phi) is 9.10. The highest BCUT2D eigenvalue weighted by atomic mass is 16.4. The lowest BCUT2D eigenvalue weighted by Crippen LogP contribution is -2.57. The Morgan fingerprint density at radius 1 is 1.09 bits per heavy atom. The standard InChI is InChI=1S/C21H28N6O7/c1-10(28)18(27-19(31)13(22)7-16(23)29)20(32)25-9-17(30)26-15(21(33)34)6-11-8-24-14-5-3-2-4-12(11)14/h2-5,8,10,13,15,18,24,28H,6-7,9,22H2,1H3,(H2,23,29)(H,25,32)(H,26,30)(H,27,31)(H,33,34). The number of para-hydroxylation sites is 1. The summed E-state index contributed by atoms with van der Waals surface area (Å²) in [5, 5.41) is 26.9. The van der Waals surface area contributed by atoms with Gasteiger partial charge in [-0.15, -0.1) is 0 Å². The lowest BCUT2D eigenvalue weighted by molar-refractivity contribution is -0.141. The summed E-state index contributed by atoms with van der Waals surface area (Å²) in [5.74, 6) is -4.68. The predicted molar refractivity (Wildman–Crippen MR) is 120 cm³/mol. The SMILES string of the molecule is CC(O)C(NC(=O)C(N)CC(N)=O)C(=O)NCC(=O)NC(Cc1c[nH]c2ccccc12)C(=O)O. The number of rotatable bonds is 12. The third-order valence-corrected chi connectivity index (χ3v) is 4.98. The molecule has 4 amide bonds. The van der Waals surface area contributed by atoms with Crippen LogP contribution in [0.4, 0.5) is 0 Å². The lowest BCUT2D eigenvalue weighted by Gasteiger charge is -2.22. The van der Waals surface area contributed by atoms with Gasteiger partial charge in [0, 0.05) is 23.5 Å². The van der Waals surface area contributed by atoms with E-state index in [-0.39, 0.29) is 6.42 Å². The number of aliphatic hydroxyl groups is 1. The maximum absolute atomic E-state index is 12.4. The molecule has 0 aliphatic carbocycles. The summed E-state index contributed by atoms with van der Waals surface area (Å²) < 4.78 is 0. The lowest BCUT2D eigenvalue weighted by atomic mass is 10.0. The molecule has 4 unspecified atom stereocenters. The summed E-state index contributed by atoms with van der Waals surface area (Å²) in [5.41, 5.74) is 12.0. The molecule has 34 heavy (non-hydrogen) atoms. The molecule has 1 heterocycles. The number of primary amides is 1. The fourth-order valence-electron chi connectivity index (χ4n) is 3.22. The fourth-order valence-corrected chi connectivity index (χ4v) is 3.22. The Hall–Kier alpha value is -3.97. The van der Waals surface area contributed by atoms with Gasteiger partial charge in [0.25, 0.3) is 0 Å². The van der Waals surface area contributed by atoms with Gasteiger partial charge in [-0.3, -0.25) is 19.2 Å². The number of nitrogens with one attached hydrogen (secondary N) is 4. The Balaban J connectivity index is 1.95. The number of H-pyrrole nitrogens is 1. The van der Waals surface area contributed by atoms with Gasteiger partial charge >= 0.3 is 5.97 Å². The highest BCUT2D eigenvalue weighted by molar-refractivity contribution is 5.94. The summed E-state index contributed by atoms with van der Waals surface area (Å²) >= 11 is 0. The molecule has 184 valence electrons. The van der Waals surface area contributed by atoms with Crippen molar-refractivity contribution >= 4 is 40.5 Å². The van der Waals surface area contributed by atoms with Crippen LogP contribution in [0.1, 0.15) is 18.9 Å². The number of carbonyl (C=O) groups is 5. The van der Waals surface area contributed by atoms with Crippen molar-refractivity contribution in [2.24, 2.45) is 11.5 Å². The minimum absolute atomic E-state index is 0.00312. The number of hydrogen-bond acceptors (Lipinski definition) is 7. The number of aromatic nitrogens is 1. The van der Waals surface area contributed by atoms with Crippen LogP contribution in [0.25, 0.3) is 10.9 Å². The second-order valence-electron chi connectivity index (χ2n) is 7.74. The fraction of sp³-hybridized carbons (Fsp3) is 0.381. The second-order valence-corrected chi connectivity index (χ2v) is 7.74. The maximum Gasteiger partial charge on any atom is 0.326 e. The first kappa shape index (κ1) is 26.3. The van der Waals surface area contributed by atoms with Crippen molar-refractivity contribution in [3.63, 3.8) is 0 Å². The number of carbonyl (C=O) groups excluding carboxylic acids is 4. The molecule has 0 spiro atoms. The van der Waals surface area contributed by atoms with Gasteiger partial charge in [-0.25, -0.2) is 4.79 Å². The minimum atomic E-state index is -1.47. The Morgan fingerprint density at radius 2 is 1.76 bits per heavy atom. The molecule has 2 rings (SSSR count). The van der Waals surface area contributed by atoms with Crippen molar-refractivity contribution in [1.29, 1.82) is 0 Å². The number of fused-ring (bicyclic) bond motifs is 1. The molecule has 0 fully saturated rings. The number of hydrogen-bond donors (Lipinski definition) is 8. The zero-order chi connectivity index (χ0) is 25.4. The first-order chi connectivity index (χ1) is 16.0. The molecule has 10 N–H and O–H groups in total. The number of benzene rings is 1. The van der Waals surface area contributed by atoms with Crippen LogP contribution < -0.4 is 27.4 Å². The molecular formula is C21H28N6O7. The third kappa shape index (κ3) is 7.28. The van der Waals surface area contributed by atoms with Crippen LogP contribution >= 0.6 is 0 Å². The number of aromatic amines is 1. The first-order valence-corrected chi connectivity index (χ1v) is 10.4. The van der Waals surface area contributed by atoms with Gasteiger partial charge in [0.15, 0.2) is 0 Å². The largest absolute Gasteiger partial charge is 0.480 e. The molecule has 4 atom stereocenters. The van der Waals surface area contributed by atoms with Crippen LogP contribution in [0.3, 0.4) is 0 Å². The summed E-state index contributed by atoms with van der Waals surface area (Å²) in [7, 11) is 0. The number of nitrogens with two attached hydrogens (primary N) is 2. The molecule has 13 nitrogen and oxygen atoms in total. The highest BCUT2D eigenvalue weighted by Crippen LogP contribution is 2.19. The molecular weight excluding hydrogens is 448 g/mol.